The Morgan fingerprint density at radius 1 is 1.36 bits per heavy atom. The van der Waals surface area contributed by atoms with E-state index in [9.17, 15) is 0 Å². The van der Waals surface area contributed by atoms with Crippen LogP contribution in [0.2, 0.25) is 0 Å². The van der Waals surface area contributed by atoms with E-state index in [1.165, 1.54) is 38.8 Å². The van der Waals surface area contributed by atoms with Crippen LogP contribution in [0, 0.1) is 5.92 Å². The van der Waals surface area contributed by atoms with E-state index >= 15 is 0 Å². The largest absolute Gasteiger partial charge is 0.239 e. The first-order valence-electron chi connectivity index (χ1n) is 4.95. The molecule has 64 valence electrons. The molecule has 1 heterocycles. The summed E-state index contributed by atoms with van der Waals surface area (Å²) in [5.74, 6) is 0.895. The van der Waals surface area contributed by atoms with Crippen LogP contribution in [0.5, 0.6) is 0 Å². The Bertz CT molecular complexity index is 138. The summed E-state index contributed by atoms with van der Waals surface area (Å²) in [5, 5.41) is 0. The Balaban J connectivity index is 2.28. The minimum absolute atomic E-state index is 0.895. The highest BCUT2D eigenvalue weighted by Gasteiger charge is 2.19. The normalized spacial score (nSPS) is 23.8. The minimum atomic E-state index is 0.895. The molecule has 11 heavy (non-hydrogen) atoms. The van der Waals surface area contributed by atoms with Gasteiger partial charge in [-0.2, -0.15) is 0 Å². The summed E-state index contributed by atoms with van der Waals surface area (Å²) in [6.07, 6.45) is 7.86. The van der Waals surface area contributed by atoms with E-state index in [1.54, 1.807) is 0 Å². The monoisotopic (exact) mass is 154 g/mol. The van der Waals surface area contributed by atoms with E-state index in [0.29, 0.717) is 0 Å². The van der Waals surface area contributed by atoms with E-state index in [2.05, 4.69) is 24.6 Å². The molecule has 1 rings (SSSR count). The van der Waals surface area contributed by atoms with Gasteiger partial charge in [0.1, 0.15) is 19.3 Å². The van der Waals surface area contributed by atoms with Crippen LogP contribution in [0.1, 0.15) is 39.5 Å². The van der Waals surface area contributed by atoms with Gasteiger partial charge in [0.15, 0.2) is 0 Å². The van der Waals surface area contributed by atoms with Crippen LogP contribution in [0.25, 0.3) is 0 Å². The lowest BCUT2D eigenvalue weighted by Crippen LogP contribution is -2.09. The Hall–Kier alpha value is -0.330. The summed E-state index contributed by atoms with van der Waals surface area (Å²) in [4.78, 5) is 0. The summed E-state index contributed by atoms with van der Waals surface area (Å²) in [6, 6.07) is 0. The molecule has 0 saturated carbocycles. The first-order valence-corrected chi connectivity index (χ1v) is 4.95. The van der Waals surface area contributed by atoms with Gasteiger partial charge >= 0.3 is 0 Å². The summed E-state index contributed by atoms with van der Waals surface area (Å²) < 4.78 is 2.49. The highest BCUT2D eigenvalue weighted by molar-refractivity contribution is 5.56. The molecular formula is C10H20N+. The molecule has 0 saturated heterocycles. The van der Waals surface area contributed by atoms with Crippen molar-refractivity contribution in [3.8, 4) is 0 Å². The van der Waals surface area contributed by atoms with Gasteiger partial charge in [0.25, 0.3) is 0 Å². The van der Waals surface area contributed by atoms with Crippen molar-refractivity contribution in [3.63, 3.8) is 0 Å². The summed E-state index contributed by atoms with van der Waals surface area (Å²) in [7, 11) is 0. The summed E-state index contributed by atoms with van der Waals surface area (Å²) >= 11 is 0. The Morgan fingerprint density at radius 3 is 2.82 bits per heavy atom. The highest BCUT2D eigenvalue weighted by atomic mass is 15.0. The van der Waals surface area contributed by atoms with Gasteiger partial charge in [0.2, 0.25) is 0 Å². The van der Waals surface area contributed by atoms with Crippen LogP contribution in [0.15, 0.2) is 0 Å². The van der Waals surface area contributed by atoms with Gasteiger partial charge in [0.05, 0.1) is 0 Å². The summed E-state index contributed by atoms with van der Waals surface area (Å²) in [6.45, 7) is 7.09. The molecule has 0 aromatic carbocycles. The maximum Gasteiger partial charge on any atom is 0.143 e. The number of hydrogen-bond acceptors (Lipinski definition) is 0. The standard InChI is InChI=1S/C10H20N/c1-3-5-10-6-8-11(9-10)7-4-2/h9-10H,3-8H2,1-2H3/q+1. The topological polar surface area (TPSA) is 3.01 Å². The van der Waals surface area contributed by atoms with E-state index < -0.39 is 0 Å². The number of hydrogen-bond donors (Lipinski definition) is 0. The zero-order chi connectivity index (χ0) is 8.10. The predicted molar refractivity (Wildman–Crippen MR) is 49.4 cm³/mol. The average molecular weight is 154 g/mol. The number of nitrogens with zero attached hydrogens (tertiary/aromatic N) is 1. The first-order chi connectivity index (χ1) is 5.36. The molecule has 1 aliphatic heterocycles. The van der Waals surface area contributed by atoms with Crippen molar-refractivity contribution in [2.45, 2.75) is 39.5 Å². The third-order valence-corrected chi connectivity index (χ3v) is 2.38. The molecule has 0 radical (unpaired) electrons. The second kappa shape index (κ2) is 4.53. The van der Waals surface area contributed by atoms with E-state index in [-0.39, 0.29) is 0 Å². The fourth-order valence-electron chi connectivity index (χ4n) is 1.84. The van der Waals surface area contributed by atoms with Gasteiger partial charge in [-0.05, 0) is 6.42 Å². The molecule has 1 aliphatic rings. The molecular weight excluding hydrogens is 134 g/mol. The van der Waals surface area contributed by atoms with Crippen LogP contribution >= 0.6 is 0 Å². The molecule has 1 unspecified atom stereocenters. The molecule has 0 N–H and O–H groups in total. The average Bonchev–Trinajstić information content (AvgIpc) is 2.38. The zero-order valence-corrected chi connectivity index (χ0v) is 7.84. The molecule has 0 spiro atoms. The molecule has 0 fully saturated rings. The van der Waals surface area contributed by atoms with E-state index in [0.717, 1.165) is 5.92 Å². The maximum absolute atomic E-state index is 2.49. The molecule has 0 aromatic heterocycles. The van der Waals surface area contributed by atoms with Crippen LogP contribution in [-0.2, 0) is 0 Å². The van der Waals surface area contributed by atoms with Crippen molar-refractivity contribution in [2.24, 2.45) is 5.92 Å². The Morgan fingerprint density at radius 2 is 2.18 bits per heavy atom. The van der Waals surface area contributed by atoms with Gasteiger partial charge in [-0.1, -0.05) is 20.3 Å². The quantitative estimate of drug-likeness (QED) is 0.547. The van der Waals surface area contributed by atoms with Crippen molar-refractivity contribution >= 4 is 6.21 Å². The van der Waals surface area contributed by atoms with Crippen LogP contribution < -0.4 is 0 Å². The van der Waals surface area contributed by atoms with Gasteiger partial charge in [0, 0.05) is 18.8 Å². The highest BCUT2D eigenvalue weighted by Crippen LogP contribution is 2.13. The molecule has 0 amide bonds. The van der Waals surface area contributed by atoms with Crippen molar-refractivity contribution in [3.05, 3.63) is 0 Å². The lowest BCUT2D eigenvalue weighted by molar-refractivity contribution is -0.515. The SMILES string of the molecule is CCCC1C=[N+](CCC)CC1. The second-order valence-corrected chi connectivity index (χ2v) is 3.52. The molecule has 1 nitrogen and oxygen atoms in total. The predicted octanol–water partition coefficient (Wildman–Crippen LogP) is 2.30. The molecule has 0 aromatic rings. The van der Waals surface area contributed by atoms with Crippen molar-refractivity contribution in [2.75, 3.05) is 13.1 Å². The maximum atomic E-state index is 2.49. The fraction of sp³-hybridized carbons (Fsp3) is 0.900. The third-order valence-electron chi connectivity index (χ3n) is 2.38. The van der Waals surface area contributed by atoms with E-state index in [1.807, 2.05) is 0 Å². The van der Waals surface area contributed by atoms with Gasteiger partial charge in [-0.25, -0.2) is 4.58 Å². The smallest absolute Gasteiger partial charge is 0.143 e. The van der Waals surface area contributed by atoms with Gasteiger partial charge in [-0.15, -0.1) is 0 Å². The van der Waals surface area contributed by atoms with Crippen LogP contribution in [0.3, 0.4) is 0 Å². The Labute approximate surface area is 70.1 Å². The van der Waals surface area contributed by atoms with Crippen LogP contribution in [-0.4, -0.2) is 23.9 Å². The third kappa shape index (κ3) is 2.64. The fourth-order valence-corrected chi connectivity index (χ4v) is 1.84. The zero-order valence-electron chi connectivity index (χ0n) is 7.84. The second-order valence-electron chi connectivity index (χ2n) is 3.52. The molecule has 0 bridgehead atoms. The van der Waals surface area contributed by atoms with Crippen molar-refractivity contribution < 1.29 is 4.58 Å². The molecule has 1 heteroatoms. The molecule has 0 aliphatic carbocycles. The van der Waals surface area contributed by atoms with Crippen molar-refractivity contribution in [1.29, 1.82) is 0 Å². The lowest BCUT2D eigenvalue weighted by Gasteiger charge is -1.95. The van der Waals surface area contributed by atoms with Crippen molar-refractivity contribution in [1.82, 2.24) is 0 Å². The van der Waals surface area contributed by atoms with E-state index in [4.69, 9.17) is 0 Å². The lowest BCUT2D eigenvalue weighted by atomic mass is 10.0. The summed E-state index contributed by atoms with van der Waals surface area (Å²) in [5.41, 5.74) is 0. The number of rotatable bonds is 4. The van der Waals surface area contributed by atoms with Crippen LogP contribution in [0.4, 0.5) is 0 Å². The minimum Gasteiger partial charge on any atom is -0.239 e. The van der Waals surface area contributed by atoms with Gasteiger partial charge < -0.3 is 0 Å². The van der Waals surface area contributed by atoms with Gasteiger partial charge in [-0.3, -0.25) is 0 Å². The Kier molecular flexibility index (Phi) is 3.61. The first kappa shape index (κ1) is 8.76. The molecule has 1 atom stereocenters.